The summed E-state index contributed by atoms with van der Waals surface area (Å²) >= 11 is 0. The molecule has 1 aromatic heterocycles. The van der Waals surface area contributed by atoms with Crippen LogP contribution in [0.4, 0.5) is 5.69 Å². The molecule has 0 spiro atoms. The Morgan fingerprint density at radius 2 is 1.81 bits per heavy atom. The molecule has 0 aliphatic heterocycles. The van der Waals surface area contributed by atoms with E-state index in [-0.39, 0.29) is 17.3 Å². The van der Waals surface area contributed by atoms with Crippen LogP contribution in [0.5, 0.6) is 0 Å². The summed E-state index contributed by atoms with van der Waals surface area (Å²) in [5.41, 5.74) is 1.72. The van der Waals surface area contributed by atoms with Crippen molar-refractivity contribution in [3.8, 4) is 18.0 Å². The molecular weight excluding hydrogens is 366 g/mol. The van der Waals surface area contributed by atoms with Gasteiger partial charge >= 0.3 is 0 Å². The highest BCUT2D eigenvalue weighted by Gasteiger charge is 2.14. The molecule has 3 aromatic rings. The van der Waals surface area contributed by atoms with Crippen molar-refractivity contribution in [2.24, 2.45) is 0 Å². The molecule has 0 fully saturated rings. The first kappa shape index (κ1) is 18.3. The number of sulfonamides is 1. The second-order valence-corrected chi connectivity index (χ2v) is 7.16. The zero-order valence-electron chi connectivity index (χ0n) is 14.0. The SMILES string of the molecule is C#CCNS(=O)(=O)c1ccc(C(=O)Nc2ccc(-n3cncn3)cc2)cc1. The standard InChI is InChI=1S/C18H15N5O3S/c1-2-11-21-27(25,26)17-9-3-14(4-10-17)18(24)22-15-5-7-16(8-6-15)23-13-19-12-20-23/h1,3-10,12-13,21H,11H2,(H,22,24). The van der Waals surface area contributed by atoms with E-state index in [4.69, 9.17) is 6.42 Å². The van der Waals surface area contributed by atoms with Gasteiger partial charge in [-0.1, -0.05) is 5.92 Å². The smallest absolute Gasteiger partial charge is 0.255 e. The van der Waals surface area contributed by atoms with Crippen LogP contribution < -0.4 is 10.0 Å². The molecule has 2 aromatic carbocycles. The molecule has 0 unspecified atom stereocenters. The molecule has 1 amide bonds. The predicted molar refractivity (Wildman–Crippen MR) is 99.8 cm³/mol. The molecule has 8 nitrogen and oxygen atoms in total. The first-order chi connectivity index (χ1) is 13.0. The Balaban J connectivity index is 1.68. The fraction of sp³-hybridized carbons (Fsp3) is 0.0556. The Bertz CT molecular complexity index is 1070. The number of amides is 1. The van der Waals surface area contributed by atoms with Crippen LogP contribution in [-0.4, -0.2) is 35.6 Å². The summed E-state index contributed by atoms with van der Waals surface area (Å²) in [5.74, 6) is 1.84. The molecule has 0 aliphatic rings. The summed E-state index contributed by atoms with van der Waals surface area (Å²) in [6, 6.07) is 12.6. The number of rotatable bonds is 6. The number of carbonyl (C=O) groups is 1. The van der Waals surface area contributed by atoms with Crippen molar-refractivity contribution in [1.82, 2.24) is 19.5 Å². The summed E-state index contributed by atoms with van der Waals surface area (Å²) in [7, 11) is -3.69. The van der Waals surface area contributed by atoms with Crippen molar-refractivity contribution in [2.45, 2.75) is 4.90 Å². The Morgan fingerprint density at radius 1 is 1.11 bits per heavy atom. The van der Waals surface area contributed by atoms with Crippen molar-refractivity contribution in [3.05, 3.63) is 66.7 Å². The maximum atomic E-state index is 12.3. The minimum absolute atomic E-state index is 0.0338. The summed E-state index contributed by atoms with van der Waals surface area (Å²) in [4.78, 5) is 16.2. The van der Waals surface area contributed by atoms with E-state index in [2.05, 4.69) is 26.0 Å². The van der Waals surface area contributed by atoms with Crippen LogP contribution in [0.1, 0.15) is 10.4 Å². The van der Waals surface area contributed by atoms with Gasteiger partial charge in [0.1, 0.15) is 12.7 Å². The molecule has 27 heavy (non-hydrogen) atoms. The van der Waals surface area contributed by atoms with Crippen molar-refractivity contribution in [2.75, 3.05) is 11.9 Å². The number of benzene rings is 2. The van der Waals surface area contributed by atoms with E-state index in [1.807, 2.05) is 0 Å². The molecule has 0 radical (unpaired) electrons. The molecule has 0 saturated carbocycles. The quantitative estimate of drug-likeness (QED) is 0.629. The van der Waals surface area contributed by atoms with Crippen LogP contribution in [-0.2, 0) is 10.0 Å². The van der Waals surface area contributed by atoms with Gasteiger partial charge in [0.25, 0.3) is 5.91 Å². The fourth-order valence-corrected chi connectivity index (χ4v) is 3.18. The minimum Gasteiger partial charge on any atom is -0.322 e. The van der Waals surface area contributed by atoms with Crippen LogP contribution in [0.2, 0.25) is 0 Å². The van der Waals surface area contributed by atoms with Crippen LogP contribution in [0.3, 0.4) is 0 Å². The molecule has 0 aliphatic carbocycles. The average Bonchev–Trinajstić information content (AvgIpc) is 3.22. The van der Waals surface area contributed by atoms with Gasteiger partial charge < -0.3 is 5.32 Å². The first-order valence-corrected chi connectivity index (χ1v) is 9.27. The van der Waals surface area contributed by atoms with Crippen molar-refractivity contribution in [1.29, 1.82) is 0 Å². The summed E-state index contributed by atoms with van der Waals surface area (Å²) in [6.45, 7) is -0.102. The number of hydrogen-bond donors (Lipinski definition) is 2. The monoisotopic (exact) mass is 381 g/mol. The molecule has 0 saturated heterocycles. The fourth-order valence-electron chi connectivity index (χ4n) is 2.25. The zero-order chi connectivity index (χ0) is 19.3. The van der Waals surface area contributed by atoms with E-state index in [1.165, 1.54) is 30.6 Å². The molecule has 2 N–H and O–H groups in total. The van der Waals surface area contributed by atoms with E-state index >= 15 is 0 Å². The minimum atomic E-state index is -3.69. The van der Waals surface area contributed by atoms with E-state index in [0.717, 1.165) is 5.69 Å². The van der Waals surface area contributed by atoms with Crippen molar-refractivity contribution < 1.29 is 13.2 Å². The van der Waals surface area contributed by atoms with Gasteiger partial charge in [0.05, 0.1) is 17.1 Å². The zero-order valence-corrected chi connectivity index (χ0v) is 14.8. The number of terminal acetylenes is 1. The molecule has 136 valence electrons. The van der Waals surface area contributed by atoms with Crippen LogP contribution >= 0.6 is 0 Å². The van der Waals surface area contributed by atoms with Crippen LogP contribution in [0.25, 0.3) is 5.69 Å². The third kappa shape index (κ3) is 4.38. The highest BCUT2D eigenvalue weighted by Crippen LogP contribution is 2.15. The average molecular weight is 381 g/mol. The number of hydrogen-bond acceptors (Lipinski definition) is 5. The molecule has 0 atom stereocenters. The third-order valence-electron chi connectivity index (χ3n) is 3.60. The number of anilines is 1. The topological polar surface area (TPSA) is 106 Å². The number of aromatic nitrogens is 3. The Kier molecular flexibility index (Phi) is 5.30. The lowest BCUT2D eigenvalue weighted by Gasteiger charge is -2.08. The highest BCUT2D eigenvalue weighted by atomic mass is 32.2. The number of carbonyl (C=O) groups excluding carboxylic acids is 1. The van der Waals surface area contributed by atoms with Gasteiger partial charge in [0.2, 0.25) is 10.0 Å². The maximum Gasteiger partial charge on any atom is 0.255 e. The summed E-state index contributed by atoms with van der Waals surface area (Å²) in [5, 5.41) is 6.77. The first-order valence-electron chi connectivity index (χ1n) is 7.79. The Morgan fingerprint density at radius 3 is 2.41 bits per heavy atom. The number of nitrogens with one attached hydrogen (secondary N) is 2. The molecular formula is C18H15N5O3S. The van der Waals surface area contributed by atoms with E-state index < -0.39 is 10.0 Å². The second kappa shape index (κ2) is 7.82. The lowest BCUT2D eigenvalue weighted by Crippen LogP contribution is -2.24. The van der Waals surface area contributed by atoms with Gasteiger partial charge in [-0.3, -0.25) is 4.79 Å². The molecule has 0 bridgehead atoms. The Hall–Kier alpha value is -3.48. The largest absolute Gasteiger partial charge is 0.322 e. The van der Waals surface area contributed by atoms with Gasteiger partial charge in [-0.25, -0.2) is 18.1 Å². The van der Waals surface area contributed by atoms with Crippen molar-refractivity contribution >= 4 is 21.6 Å². The van der Waals surface area contributed by atoms with Crippen LogP contribution in [0, 0.1) is 12.3 Å². The van der Waals surface area contributed by atoms with Gasteiger partial charge in [-0.2, -0.15) is 9.82 Å². The second-order valence-electron chi connectivity index (χ2n) is 5.39. The highest BCUT2D eigenvalue weighted by molar-refractivity contribution is 7.89. The summed E-state index contributed by atoms with van der Waals surface area (Å²) in [6.07, 6.45) is 8.05. The lowest BCUT2D eigenvalue weighted by molar-refractivity contribution is 0.102. The van der Waals surface area contributed by atoms with E-state index in [9.17, 15) is 13.2 Å². The summed E-state index contributed by atoms with van der Waals surface area (Å²) < 4.78 is 27.8. The number of nitrogens with zero attached hydrogens (tertiary/aromatic N) is 3. The molecule has 1 heterocycles. The third-order valence-corrected chi connectivity index (χ3v) is 5.02. The predicted octanol–water partition coefficient (Wildman–Crippen LogP) is 1.43. The lowest BCUT2D eigenvalue weighted by atomic mass is 10.2. The van der Waals surface area contributed by atoms with Gasteiger partial charge in [-0.15, -0.1) is 6.42 Å². The van der Waals surface area contributed by atoms with Gasteiger partial charge in [0, 0.05) is 11.3 Å². The molecule has 3 rings (SSSR count). The maximum absolute atomic E-state index is 12.3. The molecule has 9 heteroatoms. The van der Waals surface area contributed by atoms with Gasteiger partial charge in [-0.05, 0) is 48.5 Å². The normalized spacial score (nSPS) is 10.9. The van der Waals surface area contributed by atoms with Gasteiger partial charge in [0.15, 0.2) is 0 Å². The van der Waals surface area contributed by atoms with E-state index in [0.29, 0.717) is 11.3 Å². The van der Waals surface area contributed by atoms with E-state index in [1.54, 1.807) is 35.3 Å². The Labute approximate surface area is 156 Å². The van der Waals surface area contributed by atoms with Crippen molar-refractivity contribution in [3.63, 3.8) is 0 Å². The van der Waals surface area contributed by atoms with Crippen LogP contribution in [0.15, 0.2) is 66.1 Å².